The fourth-order valence-corrected chi connectivity index (χ4v) is 2.23. The molecule has 1 saturated heterocycles. The Bertz CT molecular complexity index is 238. The zero-order chi connectivity index (χ0) is 15.7. The molecule has 0 saturated carbocycles. The van der Waals surface area contributed by atoms with Crippen molar-refractivity contribution in [3.8, 4) is 0 Å². The minimum atomic E-state index is -0.0950. The Kier molecular flexibility index (Phi) is 9.24. The average Bonchev–Trinajstić information content (AvgIpc) is 2.46. The standard InChI is InChI=1S/C12H29N5O4/c1-10-13-11(16(6-18-2)7-19-3)15-12(14-10)17(8-20-4)9-21-5/h10-15H,6-9H2,1-5H3. The van der Waals surface area contributed by atoms with Crippen LogP contribution in [0.3, 0.4) is 0 Å². The lowest BCUT2D eigenvalue weighted by Gasteiger charge is -2.45. The van der Waals surface area contributed by atoms with Gasteiger partial charge in [-0.3, -0.25) is 16.0 Å². The van der Waals surface area contributed by atoms with E-state index in [-0.39, 0.29) is 18.7 Å². The molecule has 126 valence electrons. The fraction of sp³-hybridized carbons (Fsp3) is 1.00. The third-order valence-corrected chi connectivity index (χ3v) is 3.04. The van der Waals surface area contributed by atoms with Crippen LogP contribution in [0.15, 0.2) is 0 Å². The van der Waals surface area contributed by atoms with Crippen LogP contribution in [0, 0.1) is 0 Å². The summed E-state index contributed by atoms with van der Waals surface area (Å²) in [5.74, 6) is 0. The highest BCUT2D eigenvalue weighted by molar-refractivity contribution is 4.79. The van der Waals surface area contributed by atoms with Crippen molar-refractivity contribution in [3.63, 3.8) is 0 Å². The highest BCUT2D eigenvalue weighted by Crippen LogP contribution is 2.05. The first-order chi connectivity index (χ1) is 10.2. The molecule has 2 atom stereocenters. The molecule has 0 aromatic carbocycles. The minimum absolute atomic E-state index is 0.0950. The van der Waals surface area contributed by atoms with Crippen LogP contribution in [0.1, 0.15) is 6.92 Å². The second kappa shape index (κ2) is 10.4. The molecule has 0 amide bonds. The van der Waals surface area contributed by atoms with E-state index < -0.39 is 0 Å². The molecule has 0 bridgehead atoms. The Morgan fingerprint density at radius 2 is 1.00 bits per heavy atom. The Balaban J connectivity index is 2.69. The zero-order valence-corrected chi connectivity index (χ0v) is 13.6. The van der Waals surface area contributed by atoms with E-state index in [9.17, 15) is 0 Å². The summed E-state index contributed by atoms with van der Waals surface area (Å²) in [6.45, 7) is 3.86. The maximum absolute atomic E-state index is 5.22. The van der Waals surface area contributed by atoms with Crippen molar-refractivity contribution >= 4 is 0 Å². The molecule has 2 unspecified atom stereocenters. The van der Waals surface area contributed by atoms with E-state index in [0.717, 1.165) is 0 Å². The molecular weight excluding hydrogens is 278 g/mol. The van der Waals surface area contributed by atoms with Crippen LogP contribution in [-0.4, -0.2) is 83.9 Å². The number of hydrogen-bond acceptors (Lipinski definition) is 9. The van der Waals surface area contributed by atoms with Gasteiger partial charge in [-0.25, -0.2) is 9.80 Å². The normalized spacial score (nSPS) is 26.7. The molecule has 0 spiro atoms. The maximum atomic E-state index is 5.22. The van der Waals surface area contributed by atoms with Crippen LogP contribution in [-0.2, 0) is 18.9 Å². The number of methoxy groups -OCH3 is 4. The van der Waals surface area contributed by atoms with Gasteiger partial charge in [-0.1, -0.05) is 0 Å². The van der Waals surface area contributed by atoms with Crippen molar-refractivity contribution in [2.24, 2.45) is 0 Å². The number of nitrogens with one attached hydrogen (secondary N) is 3. The van der Waals surface area contributed by atoms with E-state index in [1.165, 1.54) is 0 Å². The average molecular weight is 307 g/mol. The van der Waals surface area contributed by atoms with Crippen molar-refractivity contribution < 1.29 is 18.9 Å². The summed E-state index contributed by atoms with van der Waals surface area (Å²) < 4.78 is 20.9. The summed E-state index contributed by atoms with van der Waals surface area (Å²) in [6, 6.07) is 0. The SMILES string of the molecule is COCN(COC)C1NC(C)NC(N(COC)COC)N1. The second-order valence-electron chi connectivity index (χ2n) is 4.88. The van der Waals surface area contributed by atoms with Gasteiger partial charge < -0.3 is 18.9 Å². The van der Waals surface area contributed by atoms with Gasteiger partial charge in [0.1, 0.15) is 39.5 Å². The van der Waals surface area contributed by atoms with Gasteiger partial charge in [0, 0.05) is 28.4 Å². The predicted octanol–water partition coefficient (Wildman–Crippen LogP) is -1.30. The Morgan fingerprint density at radius 1 is 0.667 bits per heavy atom. The Morgan fingerprint density at radius 3 is 1.29 bits per heavy atom. The maximum Gasteiger partial charge on any atom is 0.121 e. The van der Waals surface area contributed by atoms with E-state index in [2.05, 4.69) is 22.9 Å². The molecule has 0 aliphatic carbocycles. The molecular formula is C12H29N5O4. The van der Waals surface area contributed by atoms with Gasteiger partial charge in [-0.15, -0.1) is 0 Å². The van der Waals surface area contributed by atoms with E-state index in [1.807, 2.05) is 9.80 Å². The molecule has 1 rings (SSSR count). The lowest BCUT2D eigenvalue weighted by atomic mass is 10.4. The molecule has 21 heavy (non-hydrogen) atoms. The van der Waals surface area contributed by atoms with Crippen molar-refractivity contribution in [2.75, 3.05) is 55.4 Å². The molecule has 9 nitrogen and oxygen atoms in total. The molecule has 0 aromatic rings. The van der Waals surface area contributed by atoms with Crippen molar-refractivity contribution in [3.05, 3.63) is 0 Å². The number of hydrogen-bond donors (Lipinski definition) is 3. The van der Waals surface area contributed by atoms with Gasteiger partial charge in [0.15, 0.2) is 0 Å². The summed E-state index contributed by atoms with van der Waals surface area (Å²) in [5, 5.41) is 10.2. The fourth-order valence-electron chi connectivity index (χ4n) is 2.23. The highest BCUT2D eigenvalue weighted by Gasteiger charge is 2.31. The smallest absolute Gasteiger partial charge is 0.121 e. The quantitative estimate of drug-likeness (QED) is 0.427. The lowest BCUT2D eigenvalue weighted by molar-refractivity contribution is -0.114. The van der Waals surface area contributed by atoms with Gasteiger partial charge in [0.05, 0.1) is 6.17 Å². The summed E-state index contributed by atoms with van der Waals surface area (Å²) in [7, 11) is 6.64. The van der Waals surface area contributed by atoms with E-state index >= 15 is 0 Å². The van der Waals surface area contributed by atoms with Crippen molar-refractivity contribution in [1.82, 2.24) is 25.8 Å². The zero-order valence-electron chi connectivity index (χ0n) is 13.6. The molecule has 1 heterocycles. The number of rotatable bonds is 10. The first kappa shape index (κ1) is 18.7. The summed E-state index contributed by atoms with van der Waals surface area (Å²) in [6.07, 6.45) is -0.0848. The molecule has 1 fully saturated rings. The highest BCUT2D eigenvalue weighted by atomic mass is 16.5. The monoisotopic (exact) mass is 307 g/mol. The summed E-state index contributed by atoms with van der Waals surface area (Å²) in [5.41, 5.74) is 0. The van der Waals surface area contributed by atoms with Crippen LogP contribution in [0.2, 0.25) is 0 Å². The summed E-state index contributed by atoms with van der Waals surface area (Å²) in [4.78, 5) is 4.00. The van der Waals surface area contributed by atoms with Crippen molar-refractivity contribution in [1.29, 1.82) is 0 Å². The first-order valence-electron chi connectivity index (χ1n) is 6.88. The van der Waals surface area contributed by atoms with E-state index in [4.69, 9.17) is 18.9 Å². The second-order valence-corrected chi connectivity index (χ2v) is 4.88. The van der Waals surface area contributed by atoms with Gasteiger partial charge in [0.2, 0.25) is 0 Å². The Hall–Kier alpha value is -0.360. The van der Waals surface area contributed by atoms with Crippen LogP contribution >= 0.6 is 0 Å². The first-order valence-corrected chi connectivity index (χ1v) is 6.88. The topological polar surface area (TPSA) is 79.5 Å². The lowest BCUT2D eigenvalue weighted by Crippen LogP contribution is -2.75. The Labute approximate surface area is 126 Å². The molecule has 0 aromatic heterocycles. The van der Waals surface area contributed by atoms with E-state index in [1.54, 1.807) is 28.4 Å². The minimum Gasteiger partial charge on any atom is -0.369 e. The molecule has 9 heteroatoms. The third kappa shape index (κ3) is 6.10. The summed E-state index contributed by atoms with van der Waals surface area (Å²) >= 11 is 0. The van der Waals surface area contributed by atoms with Crippen LogP contribution in [0.5, 0.6) is 0 Å². The molecule has 1 aliphatic rings. The van der Waals surface area contributed by atoms with Crippen LogP contribution < -0.4 is 16.0 Å². The van der Waals surface area contributed by atoms with Crippen LogP contribution in [0.4, 0.5) is 0 Å². The van der Waals surface area contributed by atoms with Gasteiger partial charge in [0.25, 0.3) is 0 Å². The van der Waals surface area contributed by atoms with Gasteiger partial charge >= 0.3 is 0 Å². The molecule has 3 N–H and O–H groups in total. The third-order valence-electron chi connectivity index (χ3n) is 3.04. The predicted molar refractivity (Wildman–Crippen MR) is 77.6 cm³/mol. The number of ether oxygens (including phenoxy) is 4. The largest absolute Gasteiger partial charge is 0.369 e. The molecule has 0 radical (unpaired) electrons. The van der Waals surface area contributed by atoms with Crippen LogP contribution in [0.25, 0.3) is 0 Å². The van der Waals surface area contributed by atoms with Gasteiger partial charge in [-0.05, 0) is 6.92 Å². The van der Waals surface area contributed by atoms with Crippen molar-refractivity contribution in [2.45, 2.75) is 25.7 Å². The van der Waals surface area contributed by atoms with Gasteiger partial charge in [-0.2, -0.15) is 0 Å². The molecule has 1 aliphatic heterocycles. The van der Waals surface area contributed by atoms with E-state index in [0.29, 0.717) is 26.9 Å². The number of nitrogens with zero attached hydrogens (tertiary/aromatic N) is 2.